The SMILES string of the molecule is CC(C)c1ccnc(NC(=O)Cc2cn3c(n2)CCCC3)c1. The number of imidazole rings is 1. The van der Waals surface area contributed by atoms with Crippen LogP contribution in [-0.4, -0.2) is 20.4 Å². The van der Waals surface area contributed by atoms with E-state index in [9.17, 15) is 4.79 Å². The van der Waals surface area contributed by atoms with Crippen molar-refractivity contribution in [3.05, 3.63) is 41.6 Å². The number of aromatic nitrogens is 3. The molecule has 22 heavy (non-hydrogen) atoms. The van der Waals surface area contributed by atoms with E-state index >= 15 is 0 Å². The van der Waals surface area contributed by atoms with Crippen LogP contribution in [0.1, 0.15) is 49.7 Å². The average molecular weight is 298 g/mol. The minimum Gasteiger partial charge on any atom is -0.335 e. The third-order valence-corrected chi connectivity index (χ3v) is 4.02. The lowest BCUT2D eigenvalue weighted by Gasteiger charge is -2.11. The Hall–Kier alpha value is -2.17. The largest absolute Gasteiger partial charge is 0.335 e. The first-order valence-corrected chi connectivity index (χ1v) is 7.92. The number of anilines is 1. The molecule has 0 fully saturated rings. The van der Waals surface area contributed by atoms with Gasteiger partial charge in [0.05, 0.1) is 12.1 Å². The molecule has 1 N–H and O–H groups in total. The summed E-state index contributed by atoms with van der Waals surface area (Å²) < 4.78 is 2.17. The molecule has 1 amide bonds. The Morgan fingerprint density at radius 2 is 2.27 bits per heavy atom. The maximum Gasteiger partial charge on any atom is 0.231 e. The molecule has 0 aromatic carbocycles. The van der Waals surface area contributed by atoms with Gasteiger partial charge >= 0.3 is 0 Å². The van der Waals surface area contributed by atoms with Gasteiger partial charge in [-0.15, -0.1) is 0 Å². The molecule has 0 saturated heterocycles. The Labute approximate surface area is 130 Å². The summed E-state index contributed by atoms with van der Waals surface area (Å²) in [6, 6.07) is 3.91. The predicted octanol–water partition coefficient (Wildman–Crippen LogP) is 2.92. The van der Waals surface area contributed by atoms with Crippen molar-refractivity contribution in [2.24, 2.45) is 0 Å². The second-order valence-corrected chi connectivity index (χ2v) is 6.15. The molecule has 1 aliphatic heterocycles. The van der Waals surface area contributed by atoms with Crippen LogP contribution < -0.4 is 5.32 Å². The third-order valence-electron chi connectivity index (χ3n) is 4.02. The number of hydrogen-bond acceptors (Lipinski definition) is 3. The van der Waals surface area contributed by atoms with Crippen molar-refractivity contribution in [3.63, 3.8) is 0 Å². The molecule has 3 rings (SSSR count). The fourth-order valence-electron chi connectivity index (χ4n) is 2.78. The Kier molecular flexibility index (Phi) is 4.22. The van der Waals surface area contributed by atoms with Crippen LogP contribution in [0.15, 0.2) is 24.5 Å². The molecule has 0 aliphatic carbocycles. The van der Waals surface area contributed by atoms with E-state index in [0.29, 0.717) is 18.2 Å². The van der Waals surface area contributed by atoms with Crippen LogP contribution in [0.25, 0.3) is 0 Å². The van der Waals surface area contributed by atoms with Gasteiger partial charge < -0.3 is 9.88 Å². The van der Waals surface area contributed by atoms with E-state index in [1.807, 2.05) is 18.3 Å². The molecule has 0 saturated carbocycles. The maximum absolute atomic E-state index is 12.2. The van der Waals surface area contributed by atoms with Crippen LogP contribution in [0.3, 0.4) is 0 Å². The quantitative estimate of drug-likeness (QED) is 0.944. The van der Waals surface area contributed by atoms with Gasteiger partial charge in [-0.3, -0.25) is 4.79 Å². The Bertz CT molecular complexity index is 652. The van der Waals surface area contributed by atoms with Crippen LogP contribution in [0.4, 0.5) is 5.82 Å². The Morgan fingerprint density at radius 1 is 1.41 bits per heavy atom. The minimum absolute atomic E-state index is 0.0659. The first-order chi connectivity index (χ1) is 10.6. The molecule has 2 aromatic rings. The number of nitrogens with zero attached hydrogens (tertiary/aromatic N) is 3. The molecular weight excluding hydrogens is 276 g/mol. The lowest BCUT2D eigenvalue weighted by molar-refractivity contribution is -0.115. The highest BCUT2D eigenvalue weighted by atomic mass is 16.1. The van der Waals surface area contributed by atoms with E-state index in [-0.39, 0.29) is 5.91 Å². The molecule has 0 spiro atoms. The highest BCUT2D eigenvalue weighted by Crippen LogP contribution is 2.17. The average Bonchev–Trinajstić information content (AvgIpc) is 2.89. The van der Waals surface area contributed by atoms with Gasteiger partial charge in [0.15, 0.2) is 0 Å². The number of aryl methyl sites for hydroxylation is 2. The molecule has 0 atom stereocenters. The van der Waals surface area contributed by atoms with Gasteiger partial charge in [0, 0.05) is 25.4 Å². The van der Waals surface area contributed by atoms with Crippen molar-refractivity contribution in [1.82, 2.24) is 14.5 Å². The van der Waals surface area contributed by atoms with Gasteiger partial charge in [-0.25, -0.2) is 9.97 Å². The normalized spacial score (nSPS) is 14.0. The van der Waals surface area contributed by atoms with Crippen LogP contribution in [0.2, 0.25) is 0 Å². The van der Waals surface area contributed by atoms with Crippen LogP contribution in [0.5, 0.6) is 0 Å². The second kappa shape index (κ2) is 6.30. The maximum atomic E-state index is 12.2. The molecule has 116 valence electrons. The number of nitrogens with one attached hydrogen (secondary N) is 1. The zero-order valence-corrected chi connectivity index (χ0v) is 13.2. The zero-order valence-electron chi connectivity index (χ0n) is 13.2. The highest BCUT2D eigenvalue weighted by Gasteiger charge is 2.14. The summed E-state index contributed by atoms with van der Waals surface area (Å²) in [5, 5.41) is 2.87. The number of carbonyl (C=O) groups excluding carboxylic acids is 1. The van der Waals surface area contributed by atoms with Gasteiger partial charge in [0.25, 0.3) is 0 Å². The Balaban J connectivity index is 1.65. The summed E-state index contributed by atoms with van der Waals surface area (Å²) >= 11 is 0. The molecule has 0 radical (unpaired) electrons. The van der Waals surface area contributed by atoms with Gasteiger partial charge in [0.2, 0.25) is 5.91 Å². The molecular formula is C17H22N4O. The van der Waals surface area contributed by atoms with Crippen LogP contribution in [-0.2, 0) is 24.2 Å². The zero-order chi connectivity index (χ0) is 15.5. The molecule has 3 heterocycles. The van der Waals surface area contributed by atoms with E-state index in [1.54, 1.807) is 6.20 Å². The topological polar surface area (TPSA) is 59.8 Å². The summed E-state index contributed by atoms with van der Waals surface area (Å²) in [7, 11) is 0. The fraction of sp³-hybridized carbons (Fsp3) is 0.471. The number of carbonyl (C=O) groups is 1. The number of fused-ring (bicyclic) bond motifs is 1. The fourth-order valence-corrected chi connectivity index (χ4v) is 2.78. The van der Waals surface area contributed by atoms with E-state index in [4.69, 9.17) is 0 Å². The summed E-state index contributed by atoms with van der Waals surface area (Å²) in [5.74, 6) is 2.07. The van der Waals surface area contributed by atoms with Crippen molar-refractivity contribution in [2.45, 2.75) is 52.0 Å². The van der Waals surface area contributed by atoms with Crippen molar-refractivity contribution in [3.8, 4) is 0 Å². The third kappa shape index (κ3) is 3.35. The van der Waals surface area contributed by atoms with Crippen LogP contribution in [0, 0.1) is 0 Å². The lowest BCUT2D eigenvalue weighted by Crippen LogP contribution is -2.15. The number of rotatable bonds is 4. The van der Waals surface area contributed by atoms with Crippen molar-refractivity contribution in [2.75, 3.05) is 5.32 Å². The molecule has 2 aromatic heterocycles. The van der Waals surface area contributed by atoms with Gasteiger partial charge in [-0.05, 0) is 36.5 Å². The van der Waals surface area contributed by atoms with E-state index in [1.165, 1.54) is 18.4 Å². The minimum atomic E-state index is -0.0659. The predicted molar refractivity (Wildman–Crippen MR) is 85.8 cm³/mol. The first kappa shape index (κ1) is 14.8. The molecule has 1 aliphatic rings. The van der Waals surface area contributed by atoms with Crippen molar-refractivity contribution < 1.29 is 4.79 Å². The summed E-state index contributed by atoms with van der Waals surface area (Å²) in [4.78, 5) is 20.9. The monoisotopic (exact) mass is 298 g/mol. The first-order valence-electron chi connectivity index (χ1n) is 7.92. The number of amides is 1. The Morgan fingerprint density at radius 3 is 3.05 bits per heavy atom. The molecule has 0 unspecified atom stereocenters. The molecule has 5 nitrogen and oxygen atoms in total. The number of hydrogen-bond donors (Lipinski definition) is 1. The second-order valence-electron chi connectivity index (χ2n) is 6.15. The molecule has 0 bridgehead atoms. The van der Waals surface area contributed by atoms with Crippen molar-refractivity contribution in [1.29, 1.82) is 0 Å². The standard InChI is InChI=1S/C17H22N4O/c1-12(2)13-6-7-18-15(9-13)20-17(22)10-14-11-21-8-4-3-5-16(21)19-14/h6-7,9,11-12H,3-5,8,10H2,1-2H3,(H,18,20,22). The van der Waals surface area contributed by atoms with E-state index in [2.05, 4.69) is 33.7 Å². The van der Waals surface area contributed by atoms with Crippen LogP contribution >= 0.6 is 0 Å². The van der Waals surface area contributed by atoms with Gasteiger partial charge in [-0.1, -0.05) is 13.8 Å². The lowest BCUT2D eigenvalue weighted by atomic mass is 10.1. The summed E-state index contributed by atoms with van der Waals surface area (Å²) in [6.45, 7) is 5.26. The number of pyridine rings is 1. The highest BCUT2D eigenvalue weighted by molar-refractivity contribution is 5.91. The summed E-state index contributed by atoms with van der Waals surface area (Å²) in [5.41, 5.74) is 2.01. The van der Waals surface area contributed by atoms with E-state index in [0.717, 1.165) is 24.5 Å². The molecule has 5 heteroatoms. The smallest absolute Gasteiger partial charge is 0.231 e. The van der Waals surface area contributed by atoms with E-state index < -0.39 is 0 Å². The van der Waals surface area contributed by atoms with Crippen molar-refractivity contribution >= 4 is 11.7 Å². The summed E-state index contributed by atoms with van der Waals surface area (Å²) in [6.07, 6.45) is 7.44. The van der Waals surface area contributed by atoms with Gasteiger partial charge in [-0.2, -0.15) is 0 Å². The van der Waals surface area contributed by atoms with Gasteiger partial charge in [0.1, 0.15) is 11.6 Å².